The average molecular weight is 346 g/mol. The molecule has 21 heavy (non-hydrogen) atoms. The van der Waals surface area contributed by atoms with Gasteiger partial charge in [0.1, 0.15) is 0 Å². The number of para-hydroxylation sites is 1. The molecule has 0 fully saturated rings. The second-order valence-corrected chi connectivity index (χ2v) is 5.91. The molecule has 0 saturated carbocycles. The van der Waals surface area contributed by atoms with Gasteiger partial charge in [0, 0.05) is 6.20 Å². The monoisotopic (exact) mass is 345 g/mol. The number of nitrogens with zero attached hydrogens (tertiary/aromatic N) is 5. The number of rotatable bonds is 5. The van der Waals surface area contributed by atoms with Gasteiger partial charge in [0.2, 0.25) is 0 Å². The molecule has 6 heteroatoms. The van der Waals surface area contributed by atoms with Gasteiger partial charge in [0.15, 0.2) is 0 Å². The van der Waals surface area contributed by atoms with Crippen molar-refractivity contribution >= 4 is 15.9 Å². The summed E-state index contributed by atoms with van der Waals surface area (Å²) >= 11 is 3.58. The standard InChI is InChI=1S/C15H16BrN5/c1-2-14(16)15-11-20(19-17-15)10-12-8-9-21(18-12)13-6-4-3-5-7-13/h3-9,11,14H,2,10H2,1H3. The van der Waals surface area contributed by atoms with Gasteiger partial charge in [-0.25, -0.2) is 9.36 Å². The van der Waals surface area contributed by atoms with E-state index in [1.807, 2.05) is 58.2 Å². The van der Waals surface area contributed by atoms with E-state index in [4.69, 9.17) is 0 Å². The van der Waals surface area contributed by atoms with Crippen LogP contribution >= 0.6 is 15.9 Å². The summed E-state index contributed by atoms with van der Waals surface area (Å²) in [5.41, 5.74) is 2.97. The van der Waals surface area contributed by atoms with E-state index in [-0.39, 0.29) is 4.83 Å². The number of aromatic nitrogens is 5. The van der Waals surface area contributed by atoms with Gasteiger partial charge in [-0.15, -0.1) is 5.10 Å². The van der Waals surface area contributed by atoms with Crippen LogP contribution in [-0.4, -0.2) is 24.8 Å². The molecule has 108 valence electrons. The molecule has 3 rings (SSSR count). The predicted molar refractivity (Wildman–Crippen MR) is 84.6 cm³/mol. The van der Waals surface area contributed by atoms with Crippen LogP contribution in [0.5, 0.6) is 0 Å². The van der Waals surface area contributed by atoms with Gasteiger partial charge < -0.3 is 0 Å². The molecule has 0 spiro atoms. The molecule has 2 aromatic heterocycles. The van der Waals surface area contributed by atoms with Crippen LogP contribution in [0.25, 0.3) is 5.69 Å². The number of hydrogen-bond donors (Lipinski definition) is 0. The minimum Gasteiger partial charge on any atom is -0.246 e. The molecule has 0 saturated heterocycles. The van der Waals surface area contributed by atoms with E-state index >= 15 is 0 Å². The molecule has 0 amide bonds. The second-order valence-electron chi connectivity index (χ2n) is 4.80. The summed E-state index contributed by atoms with van der Waals surface area (Å²) in [6, 6.07) is 12.1. The Bertz CT molecular complexity index is 704. The fourth-order valence-corrected chi connectivity index (χ4v) is 2.29. The zero-order chi connectivity index (χ0) is 14.7. The van der Waals surface area contributed by atoms with Crippen LogP contribution in [0, 0.1) is 0 Å². The maximum atomic E-state index is 4.57. The van der Waals surface area contributed by atoms with Gasteiger partial charge in [-0.05, 0) is 24.6 Å². The first-order valence-electron chi connectivity index (χ1n) is 6.90. The van der Waals surface area contributed by atoms with Crippen LogP contribution in [0.2, 0.25) is 0 Å². The van der Waals surface area contributed by atoms with Gasteiger partial charge >= 0.3 is 0 Å². The Labute approximate surface area is 131 Å². The maximum Gasteiger partial charge on any atom is 0.0963 e. The van der Waals surface area contributed by atoms with E-state index < -0.39 is 0 Å². The molecule has 0 aliphatic rings. The summed E-state index contributed by atoms with van der Waals surface area (Å²) in [5, 5.41) is 12.9. The third-order valence-electron chi connectivity index (χ3n) is 3.22. The lowest BCUT2D eigenvalue weighted by Crippen LogP contribution is -2.02. The minimum atomic E-state index is 0.258. The molecule has 3 aromatic rings. The largest absolute Gasteiger partial charge is 0.246 e. The Hall–Kier alpha value is -1.95. The van der Waals surface area contributed by atoms with Crippen LogP contribution < -0.4 is 0 Å². The first kappa shape index (κ1) is 14.0. The first-order chi connectivity index (χ1) is 10.3. The Morgan fingerprint density at radius 3 is 2.76 bits per heavy atom. The van der Waals surface area contributed by atoms with Crippen LogP contribution in [-0.2, 0) is 6.54 Å². The summed E-state index contributed by atoms with van der Waals surface area (Å²) in [6.07, 6.45) is 4.91. The number of alkyl halides is 1. The molecule has 2 heterocycles. The van der Waals surface area contributed by atoms with Crippen molar-refractivity contribution in [1.29, 1.82) is 0 Å². The van der Waals surface area contributed by atoms with Crippen molar-refractivity contribution in [1.82, 2.24) is 24.8 Å². The maximum absolute atomic E-state index is 4.57. The van der Waals surface area contributed by atoms with Gasteiger partial charge in [0.05, 0.1) is 34.6 Å². The minimum absolute atomic E-state index is 0.258. The summed E-state index contributed by atoms with van der Waals surface area (Å²) in [5.74, 6) is 0. The molecule has 1 atom stereocenters. The van der Waals surface area contributed by atoms with Crippen LogP contribution in [0.3, 0.4) is 0 Å². The average Bonchev–Trinajstić information content (AvgIpc) is 3.17. The van der Waals surface area contributed by atoms with E-state index in [1.54, 1.807) is 0 Å². The SMILES string of the molecule is CCC(Br)c1cn(Cc2ccn(-c3ccccc3)n2)nn1. The van der Waals surface area contributed by atoms with Crippen LogP contribution in [0.1, 0.15) is 29.6 Å². The Kier molecular flexibility index (Phi) is 4.15. The third-order valence-corrected chi connectivity index (χ3v) is 4.34. The Balaban J connectivity index is 1.74. The highest BCUT2D eigenvalue weighted by Crippen LogP contribution is 2.23. The number of benzene rings is 1. The Morgan fingerprint density at radius 1 is 1.19 bits per heavy atom. The van der Waals surface area contributed by atoms with E-state index in [0.717, 1.165) is 23.5 Å². The zero-order valence-electron chi connectivity index (χ0n) is 11.7. The highest BCUT2D eigenvalue weighted by Gasteiger charge is 2.10. The van der Waals surface area contributed by atoms with Crippen molar-refractivity contribution in [3.8, 4) is 5.69 Å². The highest BCUT2D eigenvalue weighted by molar-refractivity contribution is 9.09. The Morgan fingerprint density at radius 2 is 2.00 bits per heavy atom. The summed E-state index contributed by atoms with van der Waals surface area (Å²) < 4.78 is 3.68. The van der Waals surface area contributed by atoms with Crippen molar-refractivity contribution in [2.75, 3.05) is 0 Å². The smallest absolute Gasteiger partial charge is 0.0963 e. The van der Waals surface area contributed by atoms with Gasteiger partial charge in [0.25, 0.3) is 0 Å². The molecular formula is C15H16BrN5. The van der Waals surface area contributed by atoms with Gasteiger partial charge in [-0.3, -0.25) is 0 Å². The normalized spacial score (nSPS) is 12.5. The molecule has 0 bridgehead atoms. The van der Waals surface area contributed by atoms with E-state index in [1.165, 1.54) is 0 Å². The molecule has 5 nitrogen and oxygen atoms in total. The van der Waals surface area contributed by atoms with Crippen molar-refractivity contribution in [2.45, 2.75) is 24.7 Å². The lowest BCUT2D eigenvalue weighted by atomic mass is 10.3. The molecule has 0 aliphatic heterocycles. The fourth-order valence-electron chi connectivity index (χ4n) is 2.08. The number of halogens is 1. The van der Waals surface area contributed by atoms with E-state index in [2.05, 4.69) is 38.3 Å². The van der Waals surface area contributed by atoms with E-state index in [0.29, 0.717) is 6.54 Å². The topological polar surface area (TPSA) is 48.5 Å². The predicted octanol–water partition coefficient (Wildman–Crippen LogP) is 3.36. The highest BCUT2D eigenvalue weighted by atomic mass is 79.9. The van der Waals surface area contributed by atoms with Crippen molar-refractivity contribution < 1.29 is 0 Å². The lowest BCUT2D eigenvalue weighted by molar-refractivity contribution is 0.631. The molecule has 0 radical (unpaired) electrons. The second kappa shape index (κ2) is 6.22. The number of hydrogen-bond acceptors (Lipinski definition) is 3. The summed E-state index contributed by atoms with van der Waals surface area (Å²) in [4.78, 5) is 0.258. The van der Waals surface area contributed by atoms with Gasteiger partial charge in [-0.2, -0.15) is 5.10 Å². The summed E-state index contributed by atoms with van der Waals surface area (Å²) in [6.45, 7) is 2.73. The third kappa shape index (κ3) is 3.21. The lowest BCUT2D eigenvalue weighted by Gasteiger charge is -2.00. The fraction of sp³-hybridized carbons (Fsp3) is 0.267. The van der Waals surface area contributed by atoms with Crippen LogP contribution in [0.15, 0.2) is 48.8 Å². The molecule has 0 N–H and O–H groups in total. The molecule has 1 aromatic carbocycles. The summed E-state index contributed by atoms with van der Waals surface area (Å²) in [7, 11) is 0. The van der Waals surface area contributed by atoms with Crippen molar-refractivity contribution in [3.63, 3.8) is 0 Å². The van der Waals surface area contributed by atoms with Crippen molar-refractivity contribution in [3.05, 3.63) is 60.2 Å². The molecule has 1 unspecified atom stereocenters. The molecule has 0 aliphatic carbocycles. The van der Waals surface area contributed by atoms with Crippen LogP contribution in [0.4, 0.5) is 0 Å². The first-order valence-corrected chi connectivity index (χ1v) is 7.82. The van der Waals surface area contributed by atoms with E-state index in [9.17, 15) is 0 Å². The quantitative estimate of drug-likeness (QED) is 0.666. The van der Waals surface area contributed by atoms with Gasteiger partial charge in [-0.1, -0.05) is 46.3 Å². The zero-order valence-corrected chi connectivity index (χ0v) is 13.3. The molecular weight excluding hydrogens is 330 g/mol. The van der Waals surface area contributed by atoms with Crippen molar-refractivity contribution in [2.24, 2.45) is 0 Å².